The van der Waals surface area contributed by atoms with E-state index in [1.807, 2.05) is 65.8 Å². The van der Waals surface area contributed by atoms with Crippen molar-refractivity contribution in [2.75, 3.05) is 24.1 Å². The van der Waals surface area contributed by atoms with Crippen LogP contribution in [0.5, 0.6) is 0 Å². The van der Waals surface area contributed by atoms with E-state index in [0.29, 0.717) is 43.0 Å². The molecule has 13 nitrogen and oxygen atoms in total. The first-order valence-electron chi connectivity index (χ1n) is 14.7. The summed E-state index contributed by atoms with van der Waals surface area (Å²) in [7, 11) is 0. The summed E-state index contributed by atoms with van der Waals surface area (Å²) in [5.74, 6) is -0.778. The highest BCUT2D eigenvalue weighted by atomic mass is 16.8. The van der Waals surface area contributed by atoms with Crippen molar-refractivity contribution in [1.29, 1.82) is 0 Å². The van der Waals surface area contributed by atoms with Gasteiger partial charge in [0.2, 0.25) is 5.95 Å². The van der Waals surface area contributed by atoms with Crippen LogP contribution in [0.15, 0.2) is 30.6 Å². The summed E-state index contributed by atoms with van der Waals surface area (Å²) in [5, 5.41) is 6.06. The number of anilines is 2. The minimum absolute atomic E-state index is 0.201. The smallest absolute Gasteiger partial charge is 0.306 e. The maximum Gasteiger partial charge on any atom is 0.306 e. The lowest BCUT2D eigenvalue weighted by atomic mass is 10.1. The number of nitrogens with one attached hydrogen (secondary N) is 2. The van der Waals surface area contributed by atoms with Crippen LogP contribution in [0.4, 0.5) is 11.8 Å². The molecule has 0 spiro atoms. The van der Waals surface area contributed by atoms with Gasteiger partial charge in [-0.25, -0.2) is 4.98 Å². The number of imidazole rings is 1. The number of ether oxygens (including phenoxy) is 4. The zero-order chi connectivity index (χ0) is 30.9. The molecule has 4 heterocycles. The maximum absolute atomic E-state index is 12.8. The zero-order valence-corrected chi connectivity index (χ0v) is 25.5. The molecule has 0 bridgehead atoms. The third-order valence-electron chi connectivity index (χ3n) is 7.12. The Hall–Kier alpha value is -3.81. The molecule has 1 amide bonds. The first-order chi connectivity index (χ1) is 20.3. The molecule has 2 aliphatic heterocycles. The summed E-state index contributed by atoms with van der Waals surface area (Å²) >= 11 is 0. The van der Waals surface area contributed by atoms with Crippen LogP contribution < -0.4 is 16.4 Å². The molecule has 4 N–H and O–H groups in total. The van der Waals surface area contributed by atoms with Gasteiger partial charge in [-0.3, -0.25) is 14.2 Å². The Labute approximate surface area is 250 Å². The predicted octanol–water partition coefficient (Wildman–Crippen LogP) is 2.89. The highest BCUT2D eigenvalue weighted by molar-refractivity contribution is 5.84. The van der Waals surface area contributed by atoms with Crippen LogP contribution >= 0.6 is 0 Å². The Morgan fingerprint density at radius 3 is 2.42 bits per heavy atom. The van der Waals surface area contributed by atoms with Gasteiger partial charge in [-0.1, -0.05) is 24.3 Å². The summed E-state index contributed by atoms with van der Waals surface area (Å²) in [6, 6.07) is 8.14. The lowest BCUT2D eigenvalue weighted by Crippen LogP contribution is -2.42. The minimum Gasteiger partial charge on any atom is -0.460 e. The second-order valence-electron chi connectivity index (χ2n) is 12.2. The van der Waals surface area contributed by atoms with Gasteiger partial charge in [-0.05, 0) is 65.5 Å². The van der Waals surface area contributed by atoms with E-state index >= 15 is 0 Å². The van der Waals surface area contributed by atoms with Crippen molar-refractivity contribution < 1.29 is 28.5 Å². The molecule has 0 aliphatic carbocycles. The molecule has 4 unspecified atom stereocenters. The fourth-order valence-electron chi connectivity index (χ4n) is 5.32. The second kappa shape index (κ2) is 12.1. The summed E-state index contributed by atoms with van der Waals surface area (Å²) < 4.78 is 25.5. The quantitative estimate of drug-likeness (QED) is 0.295. The van der Waals surface area contributed by atoms with E-state index in [-0.39, 0.29) is 17.7 Å². The van der Waals surface area contributed by atoms with Gasteiger partial charge >= 0.3 is 5.97 Å². The Balaban J connectivity index is 1.24. The molecule has 4 atom stereocenters. The molecule has 1 aromatic carbocycles. The van der Waals surface area contributed by atoms with Gasteiger partial charge in [-0.2, -0.15) is 9.97 Å². The summed E-state index contributed by atoms with van der Waals surface area (Å²) in [4.78, 5) is 38.3. The molecule has 13 heteroatoms. The Morgan fingerprint density at radius 2 is 1.74 bits per heavy atom. The van der Waals surface area contributed by atoms with Crippen LogP contribution in [0, 0.1) is 0 Å². The average Bonchev–Trinajstić information content (AvgIpc) is 3.58. The van der Waals surface area contributed by atoms with Gasteiger partial charge in [0.05, 0.1) is 6.33 Å². The Morgan fingerprint density at radius 1 is 1.07 bits per heavy atom. The number of nitrogens with zero attached hydrogens (tertiary/aromatic N) is 4. The minimum atomic E-state index is -0.879. The monoisotopic (exact) mass is 595 g/mol. The van der Waals surface area contributed by atoms with E-state index in [2.05, 4.69) is 25.6 Å². The topological polar surface area (TPSA) is 165 Å². The molecule has 3 aromatic rings. The van der Waals surface area contributed by atoms with Crippen LogP contribution in [0.2, 0.25) is 0 Å². The fourth-order valence-corrected chi connectivity index (χ4v) is 5.32. The number of aryl methyl sites for hydroxylation is 1. The van der Waals surface area contributed by atoms with Gasteiger partial charge < -0.3 is 35.3 Å². The molecule has 5 rings (SSSR count). The molecular formula is C30H41N7O6. The molecule has 43 heavy (non-hydrogen) atoms. The number of carbonyl (C=O) groups excluding carboxylic acids is 2. The highest BCUT2D eigenvalue weighted by Gasteiger charge is 2.58. The standard InChI is InChI=1S/C30H41N7O6/c1-7-32-26(39)22-21-23(43-30(5,6)42-21)27(40-22)37-16-34-20-24(31)35-28(36-25(20)37)33-15-14-18-10-8-17(9-11-18)12-13-19(38)41-29(2,3)4/h8-11,16,21-23,27H,7,12-15H2,1-6H3,(H,32,39)(H3,31,33,35,36). The maximum atomic E-state index is 12.8. The van der Waals surface area contributed by atoms with E-state index in [0.717, 1.165) is 17.5 Å². The normalized spacial score (nSPS) is 22.8. The first kappa shape index (κ1) is 30.6. The third-order valence-corrected chi connectivity index (χ3v) is 7.12. The number of likely N-dealkylation sites (N-methyl/N-ethyl adjacent to an activating group) is 1. The number of nitrogen functional groups attached to an aromatic ring is 1. The number of hydrogen-bond donors (Lipinski definition) is 3. The van der Waals surface area contributed by atoms with Crippen molar-refractivity contribution in [1.82, 2.24) is 24.8 Å². The van der Waals surface area contributed by atoms with E-state index in [4.69, 9.17) is 24.7 Å². The SMILES string of the molecule is CCNC(=O)C1OC(n2cnc3c(N)nc(NCCc4ccc(CCC(=O)OC(C)(C)C)cc4)nc32)C2OC(C)(C)OC12. The van der Waals surface area contributed by atoms with Crippen molar-refractivity contribution in [2.45, 2.75) is 96.7 Å². The summed E-state index contributed by atoms with van der Waals surface area (Å²) in [6.07, 6.45) is 0.544. The molecule has 2 saturated heterocycles. The van der Waals surface area contributed by atoms with Crippen LogP contribution in [-0.2, 0) is 41.4 Å². The Bertz CT molecular complexity index is 1470. The third kappa shape index (κ3) is 7.06. The summed E-state index contributed by atoms with van der Waals surface area (Å²) in [5.41, 5.74) is 8.85. The predicted molar refractivity (Wildman–Crippen MR) is 159 cm³/mol. The van der Waals surface area contributed by atoms with E-state index in [1.165, 1.54) is 0 Å². The van der Waals surface area contributed by atoms with Crippen LogP contribution in [-0.4, -0.2) is 74.2 Å². The van der Waals surface area contributed by atoms with Gasteiger partial charge in [0.15, 0.2) is 29.6 Å². The van der Waals surface area contributed by atoms with E-state index < -0.39 is 35.9 Å². The number of benzene rings is 1. The van der Waals surface area contributed by atoms with Crippen molar-refractivity contribution in [3.8, 4) is 0 Å². The molecular weight excluding hydrogens is 554 g/mol. The average molecular weight is 596 g/mol. The molecule has 2 aromatic heterocycles. The van der Waals surface area contributed by atoms with E-state index in [9.17, 15) is 9.59 Å². The lowest BCUT2D eigenvalue weighted by Gasteiger charge is -2.24. The Kier molecular flexibility index (Phi) is 8.59. The number of rotatable bonds is 10. The molecule has 0 radical (unpaired) electrons. The number of hydrogen-bond acceptors (Lipinski definition) is 11. The molecule has 2 fully saturated rings. The second-order valence-corrected chi connectivity index (χ2v) is 12.2. The highest BCUT2D eigenvalue weighted by Crippen LogP contribution is 2.44. The number of carbonyl (C=O) groups is 2. The van der Waals surface area contributed by atoms with Crippen molar-refractivity contribution in [3.05, 3.63) is 41.7 Å². The van der Waals surface area contributed by atoms with Crippen LogP contribution in [0.25, 0.3) is 11.2 Å². The number of aromatic nitrogens is 4. The zero-order valence-electron chi connectivity index (χ0n) is 25.5. The van der Waals surface area contributed by atoms with Crippen LogP contribution in [0.1, 0.15) is 65.3 Å². The van der Waals surface area contributed by atoms with Gasteiger partial charge in [0.1, 0.15) is 23.3 Å². The number of amides is 1. The molecule has 232 valence electrons. The fraction of sp³-hybridized carbons (Fsp3) is 0.567. The largest absolute Gasteiger partial charge is 0.460 e. The van der Waals surface area contributed by atoms with Crippen LogP contribution in [0.3, 0.4) is 0 Å². The number of esters is 1. The van der Waals surface area contributed by atoms with Gasteiger partial charge in [0, 0.05) is 19.5 Å². The molecule has 0 saturated carbocycles. The van der Waals surface area contributed by atoms with Gasteiger partial charge in [0.25, 0.3) is 5.91 Å². The van der Waals surface area contributed by atoms with Crippen molar-refractivity contribution in [3.63, 3.8) is 0 Å². The molecule has 2 aliphatic rings. The first-order valence-corrected chi connectivity index (χ1v) is 14.7. The van der Waals surface area contributed by atoms with E-state index in [1.54, 1.807) is 10.9 Å². The summed E-state index contributed by atoms with van der Waals surface area (Å²) in [6.45, 7) is 12.1. The van der Waals surface area contributed by atoms with Crippen molar-refractivity contribution in [2.24, 2.45) is 0 Å². The van der Waals surface area contributed by atoms with Gasteiger partial charge in [-0.15, -0.1) is 0 Å². The number of nitrogens with two attached hydrogens (primary N) is 1. The lowest BCUT2D eigenvalue weighted by molar-refractivity contribution is -0.197. The number of fused-ring (bicyclic) bond motifs is 2. The van der Waals surface area contributed by atoms with Crippen molar-refractivity contribution >= 4 is 34.8 Å².